The first-order chi connectivity index (χ1) is 18.2. The van der Waals surface area contributed by atoms with Gasteiger partial charge in [0.25, 0.3) is 5.91 Å². The van der Waals surface area contributed by atoms with Crippen molar-refractivity contribution in [3.05, 3.63) is 59.4 Å². The summed E-state index contributed by atoms with van der Waals surface area (Å²) in [5.74, 6) is -0.0919. The van der Waals surface area contributed by atoms with Crippen LogP contribution in [0.1, 0.15) is 62.5 Å². The Morgan fingerprint density at radius 1 is 1.21 bits per heavy atom. The topological polar surface area (TPSA) is 95.4 Å². The van der Waals surface area contributed by atoms with Gasteiger partial charge < -0.3 is 14.5 Å². The number of hydrazone groups is 1. The average molecular weight is 538 g/mol. The fourth-order valence-electron chi connectivity index (χ4n) is 4.73. The van der Waals surface area contributed by atoms with E-state index in [1.165, 1.54) is 0 Å². The summed E-state index contributed by atoms with van der Waals surface area (Å²) in [6.45, 7) is 13.4. The summed E-state index contributed by atoms with van der Waals surface area (Å²) in [6.07, 6.45) is 3.24. The summed E-state index contributed by atoms with van der Waals surface area (Å²) in [5, 5.41) is 4.57. The van der Waals surface area contributed by atoms with Crippen LogP contribution in [0.4, 0.5) is 15.3 Å². The molecule has 0 spiro atoms. The van der Waals surface area contributed by atoms with Gasteiger partial charge in [-0.3, -0.25) is 14.6 Å². The maximum atomic E-state index is 13.3. The number of hydrogen-bond donors (Lipinski definition) is 0. The van der Waals surface area contributed by atoms with E-state index in [4.69, 9.17) is 4.74 Å². The Balaban J connectivity index is 1.62. The third-order valence-corrected chi connectivity index (χ3v) is 8.12. The second-order valence-electron chi connectivity index (χ2n) is 10.0. The molecule has 1 unspecified atom stereocenters. The van der Waals surface area contributed by atoms with Gasteiger partial charge >= 0.3 is 11.3 Å². The van der Waals surface area contributed by atoms with Crippen molar-refractivity contribution in [1.29, 1.82) is 0 Å². The number of aromatic nitrogens is 1. The summed E-state index contributed by atoms with van der Waals surface area (Å²) in [7, 11) is 0. The van der Waals surface area contributed by atoms with E-state index in [9.17, 15) is 14.4 Å². The second-order valence-corrected chi connectivity index (χ2v) is 11.3. The quantitative estimate of drug-likeness (QED) is 0.482. The van der Waals surface area contributed by atoms with Gasteiger partial charge in [-0.1, -0.05) is 45.5 Å². The van der Waals surface area contributed by atoms with E-state index >= 15 is 0 Å². The van der Waals surface area contributed by atoms with E-state index in [2.05, 4.69) is 28.8 Å². The average Bonchev–Trinajstić information content (AvgIpc) is 2.91. The van der Waals surface area contributed by atoms with Crippen molar-refractivity contribution in [2.75, 3.05) is 37.7 Å². The molecule has 38 heavy (non-hydrogen) atoms. The van der Waals surface area contributed by atoms with Gasteiger partial charge in [-0.2, -0.15) is 5.10 Å². The molecular formula is C28H35N5O4S. The van der Waals surface area contributed by atoms with Gasteiger partial charge in [-0.25, -0.2) is 4.79 Å². The van der Waals surface area contributed by atoms with Crippen LogP contribution in [0.3, 0.4) is 0 Å². The van der Waals surface area contributed by atoms with Gasteiger partial charge in [-0.15, -0.1) is 5.01 Å². The van der Waals surface area contributed by atoms with E-state index in [1.807, 2.05) is 39.0 Å². The van der Waals surface area contributed by atoms with Crippen molar-refractivity contribution >= 4 is 40.4 Å². The predicted octanol–water partition coefficient (Wildman–Crippen LogP) is 5.15. The minimum absolute atomic E-state index is 0.0919. The third-order valence-electron chi connectivity index (χ3n) is 7.17. The molecule has 0 saturated carbocycles. The van der Waals surface area contributed by atoms with Gasteiger partial charge in [-0.05, 0) is 67.2 Å². The molecule has 0 radical (unpaired) electrons. The van der Waals surface area contributed by atoms with E-state index in [0.29, 0.717) is 24.4 Å². The number of carbonyl (C=O) groups is 3. The lowest BCUT2D eigenvalue weighted by Gasteiger charge is -2.39. The van der Waals surface area contributed by atoms with Crippen molar-refractivity contribution in [3.8, 4) is 0 Å². The van der Waals surface area contributed by atoms with Gasteiger partial charge in [0.05, 0.1) is 16.5 Å². The smallest absolute Gasteiger partial charge is 0.438 e. The first-order valence-electron chi connectivity index (χ1n) is 13.0. The molecule has 1 aromatic heterocycles. The minimum atomic E-state index is -0.773. The molecule has 0 aliphatic carbocycles. The molecule has 202 valence electrons. The number of nitrogens with zero attached hydrogens (tertiary/aromatic N) is 5. The molecule has 3 heterocycles. The highest BCUT2D eigenvalue weighted by Crippen LogP contribution is 2.41. The first-order valence-corrected chi connectivity index (χ1v) is 13.9. The van der Waals surface area contributed by atoms with Crippen LogP contribution in [0.25, 0.3) is 0 Å². The summed E-state index contributed by atoms with van der Waals surface area (Å²) < 4.78 is 5.37. The molecule has 9 nitrogen and oxygen atoms in total. The zero-order valence-corrected chi connectivity index (χ0v) is 23.5. The lowest BCUT2D eigenvalue weighted by Crippen LogP contribution is -2.42. The van der Waals surface area contributed by atoms with Crippen molar-refractivity contribution in [2.45, 2.75) is 51.7 Å². The number of hydrogen-bond acceptors (Lipinski definition) is 8. The predicted molar refractivity (Wildman–Crippen MR) is 150 cm³/mol. The molecule has 0 N–H and O–H groups in total. The number of imide groups is 1. The Hall–Kier alpha value is -3.24. The van der Waals surface area contributed by atoms with Crippen LogP contribution in [-0.2, 0) is 10.2 Å². The van der Waals surface area contributed by atoms with Crippen LogP contribution >= 0.6 is 11.8 Å². The molecular weight excluding hydrogens is 502 g/mol. The number of rotatable bonds is 7. The number of likely N-dealkylation sites (N-methyl/N-ethyl adjacent to an activating group) is 1. The maximum Gasteiger partial charge on any atom is 0.438 e. The van der Waals surface area contributed by atoms with Gasteiger partial charge in [0.1, 0.15) is 6.61 Å². The summed E-state index contributed by atoms with van der Waals surface area (Å²) in [5.41, 5.74) is 3.65. The van der Waals surface area contributed by atoms with Crippen LogP contribution in [0.15, 0.2) is 47.8 Å². The van der Waals surface area contributed by atoms with Gasteiger partial charge in [0.15, 0.2) is 0 Å². The lowest BCUT2D eigenvalue weighted by molar-refractivity contribution is 0.0980. The second kappa shape index (κ2) is 11.7. The van der Waals surface area contributed by atoms with Crippen LogP contribution in [0, 0.1) is 0 Å². The number of ether oxygens (including phenoxy) is 1. The van der Waals surface area contributed by atoms with Crippen LogP contribution < -0.4 is 4.90 Å². The zero-order chi connectivity index (χ0) is 27.4. The largest absolute Gasteiger partial charge is 0.446 e. The van der Waals surface area contributed by atoms with E-state index in [0.717, 1.165) is 53.1 Å². The molecule has 0 fully saturated rings. The first kappa shape index (κ1) is 27.8. The number of pyridine rings is 1. The number of fused-ring (bicyclic) bond motifs is 1. The molecule has 0 saturated heterocycles. The highest BCUT2D eigenvalue weighted by atomic mass is 32.2. The molecule has 2 aliphatic rings. The number of anilines is 1. The van der Waals surface area contributed by atoms with Crippen LogP contribution in [-0.4, -0.2) is 75.9 Å². The fraction of sp³-hybridized carbons (Fsp3) is 0.464. The molecule has 2 aliphatic heterocycles. The molecule has 2 aromatic rings. The molecule has 1 atom stereocenters. The fourth-order valence-corrected chi connectivity index (χ4v) is 5.55. The lowest BCUT2D eigenvalue weighted by atomic mass is 9.76. The molecule has 1 aromatic carbocycles. The Bertz CT molecular complexity index is 1230. The number of carbonyl (C=O) groups excluding carboxylic acids is 3. The Kier molecular flexibility index (Phi) is 8.52. The van der Waals surface area contributed by atoms with E-state index in [-0.39, 0.29) is 23.2 Å². The molecule has 3 amide bonds. The highest BCUT2D eigenvalue weighted by molar-refractivity contribution is 8.14. The van der Waals surface area contributed by atoms with Crippen molar-refractivity contribution in [1.82, 2.24) is 14.9 Å². The van der Waals surface area contributed by atoms with Gasteiger partial charge in [0.2, 0.25) is 0 Å². The maximum absolute atomic E-state index is 13.3. The van der Waals surface area contributed by atoms with Gasteiger partial charge in [0, 0.05) is 31.2 Å². The standard InChI is InChI=1S/C28H35N5O4S/c1-6-31(7-2)15-16-37-26(35)33-27(36)38-19(3)24(30-33)20-10-11-23-22(17-20)28(4,5)12-14-32(23)25(34)21-9-8-13-29-18-21/h8-11,13,17-19H,6-7,12,14-16H2,1-5H3. The highest BCUT2D eigenvalue weighted by Gasteiger charge is 2.37. The summed E-state index contributed by atoms with van der Waals surface area (Å²) >= 11 is 1.04. The normalized spacial score (nSPS) is 18.7. The summed E-state index contributed by atoms with van der Waals surface area (Å²) in [4.78, 5) is 46.7. The van der Waals surface area contributed by atoms with Crippen molar-refractivity contribution < 1.29 is 19.1 Å². The Morgan fingerprint density at radius 3 is 2.66 bits per heavy atom. The van der Waals surface area contributed by atoms with Crippen molar-refractivity contribution in [2.24, 2.45) is 5.10 Å². The Morgan fingerprint density at radius 2 is 1.97 bits per heavy atom. The number of thioether (sulfide) groups is 1. The summed E-state index contributed by atoms with van der Waals surface area (Å²) in [6, 6.07) is 9.40. The molecule has 0 bridgehead atoms. The van der Waals surface area contributed by atoms with Crippen LogP contribution in [0.2, 0.25) is 0 Å². The number of benzene rings is 1. The molecule has 10 heteroatoms. The van der Waals surface area contributed by atoms with E-state index < -0.39 is 11.3 Å². The SMILES string of the molecule is CCN(CC)CCOC(=O)N1N=C(c2ccc3c(c2)C(C)(C)CCN3C(=O)c2cccnc2)C(C)SC1=O. The minimum Gasteiger partial charge on any atom is -0.446 e. The zero-order valence-electron chi connectivity index (χ0n) is 22.6. The molecule has 4 rings (SSSR count). The number of amides is 3. The van der Waals surface area contributed by atoms with E-state index in [1.54, 1.807) is 29.4 Å². The Labute approximate surface area is 228 Å². The van der Waals surface area contributed by atoms with Crippen LogP contribution in [0.5, 0.6) is 0 Å². The van der Waals surface area contributed by atoms with Crippen molar-refractivity contribution in [3.63, 3.8) is 0 Å². The monoisotopic (exact) mass is 537 g/mol. The third kappa shape index (κ3) is 5.76.